The van der Waals surface area contributed by atoms with Crippen molar-refractivity contribution in [1.29, 1.82) is 0 Å². The predicted octanol–water partition coefficient (Wildman–Crippen LogP) is 4.93. The summed E-state index contributed by atoms with van der Waals surface area (Å²) >= 11 is 5.91. The molecule has 6 heteroatoms. The number of hydrogen-bond acceptors (Lipinski definition) is 3. The second kappa shape index (κ2) is 8.95. The molecule has 0 aromatic heterocycles. The summed E-state index contributed by atoms with van der Waals surface area (Å²) in [6.07, 6.45) is -0.562. The van der Waals surface area contributed by atoms with Crippen molar-refractivity contribution in [2.75, 3.05) is 13.2 Å². The molecule has 0 unspecified atom stereocenters. The number of amides is 1. The summed E-state index contributed by atoms with van der Waals surface area (Å²) in [5, 5.41) is 11.9. The first-order chi connectivity index (χ1) is 15.0. The Bertz CT molecular complexity index is 1180. The Morgan fingerprint density at radius 3 is 2.29 bits per heavy atom. The van der Waals surface area contributed by atoms with Gasteiger partial charge in [0.15, 0.2) is 0 Å². The van der Waals surface area contributed by atoms with E-state index in [9.17, 15) is 9.59 Å². The Balaban J connectivity index is 1.35. The second-order valence-corrected chi connectivity index (χ2v) is 7.45. The number of nitrogens with one attached hydrogen (secondary N) is 1. The summed E-state index contributed by atoms with van der Waals surface area (Å²) in [5.41, 5.74) is 5.14. The number of carbonyl (C=O) groups excluding carboxylic acids is 1. The van der Waals surface area contributed by atoms with E-state index in [0.29, 0.717) is 5.56 Å². The Morgan fingerprint density at radius 1 is 1.00 bits per heavy atom. The molecule has 0 fully saturated rings. The molecule has 0 saturated carbocycles. The maximum atomic E-state index is 12.1. The molecule has 4 rings (SSSR count). The fraction of sp³-hybridized carbons (Fsp3) is 0.120. The van der Waals surface area contributed by atoms with Crippen molar-refractivity contribution >= 4 is 23.7 Å². The van der Waals surface area contributed by atoms with Gasteiger partial charge in [0.25, 0.3) is 0 Å². The zero-order chi connectivity index (χ0) is 21.8. The number of halogens is 1. The molecule has 2 N–H and O–H groups in total. The number of alkyl carbamates (subject to hydrolysis) is 1. The second-order valence-electron chi connectivity index (χ2n) is 7.01. The number of rotatable bonds is 4. The lowest BCUT2D eigenvalue weighted by Gasteiger charge is -2.14. The normalized spacial score (nSPS) is 11.6. The van der Waals surface area contributed by atoms with Crippen LogP contribution in [-0.2, 0) is 4.74 Å². The molecule has 1 aliphatic carbocycles. The smallest absolute Gasteiger partial charge is 0.407 e. The van der Waals surface area contributed by atoms with E-state index < -0.39 is 12.1 Å². The van der Waals surface area contributed by atoms with Gasteiger partial charge in [-0.1, -0.05) is 72.0 Å². The van der Waals surface area contributed by atoms with E-state index >= 15 is 0 Å². The van der Waals surface area contributed by atoms with Crippen LogP contribution in [0.2, 0.25) is 5.02 Å². The molecule has 0 bridgehead atoms. The highest BCUT2D eigenvalue weighted by Crippen LogP contribution is 2.44. The van der Waals surface area contributed by atoms with E-state index in [4.69, 9.17) is 21.4 Å². The number of carbonyl (C=O) groups is 2. The highest BCUT2D eigenvalue weighted by molar-refractivity contribution is 6.31. The molecular weight excluding hydrogens is 414 g/mol. The largest absolute Gasteiger partial charge is 0.478 e. The van der Waals surface area contributed by atoms with Crippen molar-refractivity contribution in [2.45, 2.75) is 5.92 Å². The molecule has 0 radical (unpaired) electrons. The Morgan fingerprint density at radius 2 is 1.65 bits per heavy atom. The van der Waals surface area contributed by atoms with Gasteiger partial charge in [-0.25, -0.2) is 9.59 Å². The van der Waals surface area contributed by atoms with Crippen LogP contribution in [0.5, 0.6) is 0 Å². The van der Waals surface area contributed by atoms with Crippen LogP contribution in [0.4, 0.5) is 4.79 Å². The minimum Gasteiger partial charge on any atom is -0.478 e. The van der Waals surface area contributed by atoms with Gasteiger partial charge in [-0.15, -0.1) is 0 Å². The average Bonchev–Trinajstić information content (AvgIpc) is 3.09. The Labute approximate surface area is 184 Å². The van der Waals surface area contributed by atoms with Crippen LogP contribution in [0.15, 0.2) is 66.7 Å². The fourth-order valence-electron chi connectivity index (χ4n) is 3.70. The van der Waals surface area contributed by atoms with Crippen molar-refractivity contribution in [2.24, 2.45) is 0 Å². The number of benzene rings is 3. The molecular formula is C25H18ClNO4. The molecule has 1 amide bonds. The van der Waals surface area contributed by atoms with E-state index in [-0.39, 0.29) is 29.7 Å². The van der Waals surface area contributed by atoms with Gasteiger partial charge in [-0.3, -0.25) is 0 Å². The maximum Gasteiger partial charge on any atom is 0.407 e. The quantitative estimate of drug-likeness (QED) is 0.574. The van der Waals surface area contributed by atoms with Gasteiger partial charge in [0.05, 0.1) is 12.1 Å². The summed E-state index contributed by atoms with van der Waals surface area (Å²) < 4.78 is 5.44. The maximum absolute atomic E-state index is 12.1. The highest BCUT2D eigenvalue weighted by Gasteiger charge is 2.28. The molecule has 3 aromatic rings. The van der Waals surface area contributed by atoms with Crippen LogP contribution in [-0.4, -0.2) is 30.3 Å². The molecule has 0 spiro atoms. The van der Waals surface area contributed by atoms with Gasteiger partial charge < -0.3 is 15.2 Å². The van der Waals surface area contributed by atoms with E-state index in [1.165, 1.54) is 23.3 Å². The topological polar surface area (TPSA) is 75.6 Å². The average molecular weight is 432 g/mol. The van der Waals surface area contributed by atoms with Gasteiger partial charge in [-0.05, 0) is 40.5 Å². The van der Waals surface area contributed by atoms with Crippen molar-refractivity contribution in [3.63, 3.8) is 0 Å². The lowest BCUT2D eigenvalue weighted by Crippen LogP contribution is -2.26. The van der Waals surface area contributed by atoms with E-state index in [1.807, 2.05) is 24.3 Å². The lowest BCUT2D eigenvalue weighted by molar-refractivity contribution is 0.0696. The lowest BCUT2D eigenvalue weighted by atomic mass is 9.98. The standard InChI is InChI=1S/C25H18ClNO4/c26-18-13-16(12-17(14-18)24(28)29)6-5-11-27-25(30)31-15-23-21-9-3-1-7-19(21)20-8-2-4-10-22(20)23/h1-4,7-10,12-14,23H,11,15H2,(H,27,30)(H,28,29). The van der Waals surface area contributed by atoms with Crippen molar-refractivity contribution in [3.05, 3.63) is 94.0 Å². The third kappa shape index (κ3) is 4.55. The molecule has 0 aliphatic heterocycles. The first-order valence-electron chi connectivity index (χ1n) is 9.64. The van der Waals surface area contributed by atoms with E-state index in [1.54, 1.807) is 6.07 Å². The zero-order valence-corrected chi connectivity index (χ0v) is 17.1. The third-order valence-corrected chi connectivity index (χ3v) is 5.26. The minimum atomic E-state index is -1.08. The summed E-state index contributed by atoms with van der Waals surface area (Å²) in [6, 6.07) is 20.6. The first-order valence-corrected chi connectivity index (χ1v) is 10.0. The summed E-state index contributed by atoms with van der Waals surface area (Å²) in [6.45, 7) is 0.287. The zero-order valence-electron chi connectivity index (χ0n) is 16.4. The molecule has 0 heterocycles. The van der Waals surface area contributed by atoms with Gasteiger partial charge >= 0.3 is 12.1 Å². The number of aromatic carboxylic acids is 1. The third-order valence-electron chi connectivity index (χ3n) is 5.04. The van der Waals surface area contributed by atoms with Crippen molar-refractivity contribution < 1.29 is 19.4 Å². The Kier molecular flexibility index (Phi) is 5.92. The van der Waals surface area contributed by atoms with Gasteiger partial charge in [0.2, 0.25) is 0 Å². The Hall–Kier alpha value is -3.75. The first kappa shape index (κ1) is 20.5. The molecule has 1 aliphatic rings. The predicted molar refractivity (Wildman–Crippen MR) is 118 cm³/mol. The minimum absolute atomic E-state index is 0.00913. The van der Waals surface area contributed by atoms with Crippen molar-refractivity contribution in [1.82, 2.24) is 5.32 Å². The fourth-order valence-corrected chi connectivity index (χ4v) is 3.93. The SMILES string of the molecule is O=C(NCC#Cc1cc(Cl)cc(C(=O)O)c1)OCC1c2ccccc2-c2ccccc21. The number of fused-ring (bicyclic) bond motifs is 3. The number of ether oxygens (including phenoxy) is 1. The van der Waals surface area contributed by atoms with E-state index in [2.05, 4.69) is 41.4 Å². The molecule has 0 atom stereocenters. The van der Waals surface area contributed by atoms with Gasteiger partial charge in [0, 0.05) is 16.5 Å². The van der Waals surface area contributed by atoms with Crippen LogP contribution < -0.4 is 5.32 Å². The summed E-state index contributed by atoms with van der Waals surface area (Å²) in [4.78, 5) is 23.2. The molecule has 154 valence electrons. The number of hydrogen-bond donors (Lipinski definition) is 2. The molecule has 3 aromatic carbocycles. The summed E-state index contributed by atoms with van der Waals surface area (Å²) in [7, 11) is 0. The highest BCUT2D eigenvalue weighted by atomic mass is 35.5. The van der Waals surface area contributed by atoms with Crippen LogP contribution in [0, 0.1) is 11.8 Å². The van der Waals surface area contributed by atoms with Crippen LogP contribution >= 0.6 is 11.6 Å². The number of carboxylic acids is 1. The van der Waals surface area contributed by atoms with Gasteiger partial charge in [0.1, 0.15) is 6.61 Å². The number of carboxylic acid groups (broad SMARTS) is 1. The molecule has 5 nitrogen and oxygen atoms in total. The van der Waals surface area contributed by atoms with Crippen LogP contribution in [0.1, 0.15) is 33.0 Å². The summed E-state index contributed by atoms with van der Waals surface area (Å²) in [5.74, 6) is 4.47. The monoisotopic (exact) mass is 431 g/mol. The van der Waals surface area contributed by atoms with Crippen molar-refractivity contribution in [3.8, 4) is 23.0 Å². The van der Waals surface area contributed by atoms with Crippen LogP contribution in [0.25, 0.3) is 11.1 Å². The molecule has 31 heavy (non-hydrogen) atoms. The van der Waals surface area contributed by atoms with E-state index in [0.717, 1.165) is 11.1 Å². The van der Waals surface area contributed by atoms with Crippen LogP contribution in [0.3, 0.4) is 0 Å². The molecule has 0 saturated heterocycles. The van der Waals surface area contributed by atoms with Gasteiger partial charge in [-0.2, -0.15) is 0 Å².